The summed E-state index contributed by atoms with van der Waals surface area (Å²) < 4.78 is 11.2. The summed E-state index contributed by atoms with van der Waals surface area (Å²) >= 11 is 0. The first-order valence-electron chi connectivity index (χ1n) is 6.05. The van der Waals surface area contributed by atoms with Crippen LogP contribution in [0.15, 0.2) is 34.7 Å². The summed E-state index contributed by atoms with van der Waals surface area (Å²) in [6.07, 6.45) is 1.89. The van der Waals surface area contributed by atoms with Crippen LogP contribution in [-0.2, 0) is 12.8 Å². The Morgan fingerprint density at radius 2 is 1.65 bits per heavy atom. The predicted octanol–water partition coefficient (Wildman–Crippen LogP) is 4.08. The first-order chi connectivity index (χ1) is 8.31. The molecule has 0 N–H and O–H groups in total. The van der Waals surface area contributed by atoms with Gasteiger partial charge in [-0.15, -0.1) is 0 Å². The van der Waals surface area contributed by atoms with Crippen molar-refractivity contribution < 1.29 is 9.15 Å². The van der Waals surface area contributed by atoms with Gasteiger partial charge in [0.2, 0.25) is 0 Å². The number of furan rings is 1. The Hall–Kier alpha value is -1.70. The van der Waals surface area contributed by atoms with Gasteiger partial charge in [0.05, 0.1) is 7.11 Å². The average molecular weight is 230 g/mol. The van der Waals surface area contributed by atoms with E-state index in [0.29, 0.717) is 5.95 Å². The van der Waals surface area contributed by atoms with E-state index < -0.39 is 0 Å². The highest BCUT2D eigenvalue weighted by molar-refractivity contribution is 5.65. The summed E-state index contributed by atoms with van der Waals surface area (Å²) in [6, 6.07) is 10.2. The Morgan fingerprint density at radius 1 is 1.00 bits per heavy atom. The van der Waals surface area contributed by atoms with E-state index in [1.807, 2.05) is 18.2 Å². The molecular formula is C15H18O2. The molecule has 2 heteroatoms. The molecule has 0 aliphatic heterocycles. The number of methoxy groups -OCH3 is 1. The third-order valence-electron chi connectivity index (χ3n) is 3.01. The Balaban J connectivity index is 2.58. The van der Waals surface area contributed by atoms with Gasteiger partial charge in [-0.25, -0.2) is 0 Å². The third kappa shape index (κ3) is 2.07. The molecule has 0 amide bonds. The molecular weight excluding hydrogens is 212 g/mol. The quantitative estimate of drug-likeness (QED) is 0.789. The van der Waals surface area contributed by atoms with Crippen molar-refractivity contribution in [1.29, 1.82) is 0 Å². The largest absolute Gasteiger partial charge is 0.468 e. The average Bonchev–Trinajstić information content (AvgIpc) is 2.77. The molecule has 1 heterocycles. The lowest BCUT2D eigenvalue weighted by Gasteiger charge is -2.01. The first kappa shape index (κ1) is 11.8. The van der Waals surface area contributed by atoms with Gasteiger partial charge in [-0.1, -0.05) is 44.2 Å². The highest BCUT2D eigenvalue weighted by Crippen LogP contribution is 2.36. The number of benzene rings is 1. The molecule has 0 unspecified atom stereocenters. The molecule has 0 saturated carbocycles. The van der Waals surface area contributed by atoms with Crippen molar-refractivity contribution in [2.75, 3.05) is 7.11 Å². The molecule has 90 valence electrons. The Labute approximate surface area is 102 Å². The molecule has 1 aromatic heterocycles. The summed E-state index contributed by atoms with van der Waals surface area (Å²) in [6.45, 7) is 4.28. The van der Waals surface area contributed by atoms with E-state index in [2.05, 4.69) is 26.0 Å². The van der Waals surface area contributed by atoms with Crippen molar-refractivity contribution in [3.8, 4) is 17.3 Å². The summed E-state index contributed by atoms with van der Waals surface area (Å²) in [5, 5.41) is 0. The lowest BCUT2D eigenvalue weighted by atomic mass is 10.0. The molecule has 0 radical (unpaired) electrons. The number of hydrogen-bond donors (Lipinski definition) is 0. The van der Waals surface area contributed by atoms with Crippen LogP contribution in [-0.4, -0.2) is 7.11 Å². The van der Waals surface area contributed by atoms with Gasteiger partial charge >= 0.3 is 0 Å². The van der Waals surface area contributed by atoms with E-state index in [0.717, 1.165) is 24.2 Å². The monoisotopic (exact) mass is 230 g/mol. The normalized spacial score (nSPS) is 10.5. The van der Waals surface area contributed by atoms with Crippen LogP contribution < -0.4 is 4.74 Å². The number of hydrogen-bond acceptors (Lipinski definition) is 2. The van der Waals surface area contributed by atoms with E-state index >= 15 is 0 Å². The first-order valence-corrected chi connectivity index (χ1v) is 6.05. The Kier molecular flexibility index (Phi) is 3.52. The lowest BCUT2D eigenvalue weighted by Crippen LogP contribution is -1.90. The van der Waals surface area contributed by atoms with Crippen LogP contribution in [0.25, 0.3) is 11.3 Å². The summed E-state index contributed by atoms with van der Waals surface area (Å²) in [4.78, 5) is 0. The second kappa shape index (κ2) is 5.09. The van der Waals surface area contributed by atoms with Gasteiger partial charge in [-0.05, 0) is 12.8 Å². The van der Waals surface area contributed by atoms with Crippen LogP contribution in [0.3, 0.4) is 0 Å². The summed E-state index contributed by atoms with van der Waals surface area (Å²) in [5.74, 6) is 1.60. The highest BCUT2D eigenvalue weighted by Gasteiger charge is 2.19. The van der Waals surface area contributed by atoms with Gasteiger partial charge in [0.1, 0.15) is 5.76 Å². The molecule has 2 nitrogen and oxygen atoms in total. The molecule has 2 aromatic rings. The second-order valence-electron chi connectivity index (χ2n) is 3.95. The maximum Gasteiger partial charge on any atom is 0.288 e. The van der Waals surface area contributed by atoms with E-state index in [1.165, 1.54) is 11.1 Å². The minimum absolute atomic E-state index is 0.656. The van der Waals surface area contributed by atoms with Crippen molar-refractivity contribution in [3.63, 3.8) is 0 Å². The Morgan fingerprint density at radius 3 is 2.18 bits per heavy atom. The molecule has 17 heavy (non-hydrogen) atoms. The maximum absolute atomic E-state index is 5.84. The maximum atomic E-state index is 5.84. The second-order valence-corrected chi connectivity index (χ2v) is 3.95. The van der Waals surface area contributed by atoms with Gasteiger partial charge < -0.3 is 9.15 Å². The zero-order chi connectivity index (χ0) is 12.3. The Bertz CT molecular complexity index is 483. The van der Waals surface area contributed by atoms with Crippen LogP contribution >= 0.6 is 0 Å². The minimum atomic E-state index is 0.656. The van der Waals surface area contributed by atoms with Crippen molar-refractivity contribution in [1.82, 2.24) is 0 Å². The van der Waals surface area contributed by atoms with Crippen LogP contribution in [0, 0.1) is 0 Å². The van der Waals surface area contributed by atoms with Gasteiger partial charge in [-0.2, -0.15) is 0 Å². The molecule has 0 saturated heterocycles. The molecule has 0 aliphatic carbocycles. The van der Waals surface area contributed by atoms with Gasteiger partial charge in [0, 0.05) is 16.7 Å². The van der Waals surface area contributed by atoms with Crippen molar-refractivity contribution in [3.05, 3.63) is 41.5 Å². The van der Waals surface area contributed by atoms with Crippen LogP contribution in [0.4, 0.5) is 0 Å². The van der Waals surface area contributed by atoms with E-state index in [-0.39, 0.29) is 0 Å². The highest BCUT2D eigenvalue weighted by atomic mass is 16.6. The van der Waals surface area contributed by atoms with E-state index in [9.17, 15) is 0 Å². The summed E-state index contributed by atoms with van der Waals surface area (Å²) in [5.41, 5.74) is 3.56. The fourth-order valence-electron chi connectivity index (χ4n) is 2.20. The number of rotatable bonds is 4. The van der Waals surface area contributed by atoms with Gasteiger partial charge in [-0.3, -0.25) is 0 Å². The SMILES string of the molecule is CCc1c(OC)oc(-c2ccccc2)c1CC. The molecule has 2 rings (SSSR count). The zero-order valence-corrected chi connectivity index (χ0v) is 10.6. The predicted molar refractivity (Wildman–Crippen MR) is 69.5 cm³/mol. The fourth-order valence-corrected chi connectivity index (χ4v) is 2.20. The van der Waals surface area contributed by atoms with Gasteiger partial charge in [0.15, 0.2) is 0 Å². The van der Waals surface area contributed by atoms with Crippen LogP contribution in [0.5, 0.6) is 5.95 Å². The third-order valence-corrected chi connectivity index (χ3v) is 3.01. The molecule has 0 bridgehead atoms. The van der Waals surface area contributed by atoms with Crippen molar-refractivity contribution >= 4 is 0 Å². The zero-order valence-electron chi connectivity index (χ0n) is 10.6. The molecule has 0 aliphatic rings. The molecule has 0 atom stereocenters. The molecule has 0 spiro atoms. The standard InChI is InChI=1S/C15H18O2/c1-4-12-13(5-2)15(16-3)17-14(12)11-9-7-6-8-10-11/h6-10H,4-5H2,1-3H3. The minimum Gasteiger partial charge on any atom is -0.468 e. The van der Waals surface area contributed by atoms with Crippen molar-refractivity contribution in [2.24, 2.45) is 0 Å². The van der Waals surface area contributed by atoms with E-state index in [4.69, 9.17) is 9.15 Å². The molecule has 1 aromatic carbocycles. The molecule has 0 fully saturated rings. The van der Waals surface area contributed by atoms with Gasteiger partial charge in [0.25, 0.3) is 5.95 Å². The van der Waals surface area contributed by atoms with Crippen LogP contribution in [0.1, 0.15) is 25.0 Å². The van der Waals surface area contributed by atoms with E-state index in [1.54, 1.807) is 7.11 Å². The van der Waals surface area contributed by atoms with Crippen LogP contribution in [0.2, 0.25) is 0 Å². The van der Waals surface area contributed by atoms with Crippen molar-refractivity contribution in [2.45, 2.75) is 26.7 Å². The lowest BCUT2D eigenvalue weighted by molar-refractivity contribution is 0.305. The summed E-state index contributed by atoms with van der Waals surface area (Å²) in [7, 11) is 1.66. The number of ether oxygens (including phenoxy) is 1. The topological polar surface area (TPSA) is 22.4 Å². The smallest absolute Gasteiger partial charge is 0.288 e. The fraction of sp³-hybridized carbons (Fsp3) is 0.333.